The molecule has 0 spiro atoms. The highest BCUT2D eigenvalue weighted by Crippen LogP contribution is 2.30. The molecular formula is C22H21N5O. The highest BCUT2D eigenvalue weighted by atomic mass is 16.1. The number of anilines is 3. The fourth-order valence-corrected chi connectivity index (χ4v) is 3.07. The first-order valence-electron chi connectivity index (χ1n) is 9.08. The van der Waals surface area contributed by atoms with E-state index in [0.717, 1.165) is 17.1 Å². The number of amides is 1. The van der Waals surface area contributed by atoms with E-state index in [1.54, 1.807) is 16.6 Å². The SMILES string of the molecule is Cc1ccc(Nc2nn3c(C)cc(C)nc3c2NC(=O)c2ccccc2)cc1. The molecule has 0 saturated heterocycles. The molecule has 2 N–H and O–H groups in total. The number of hydrogen-bond acceptors (Lipinski definition) is 4. The zero-order valence-electron chi connectivity index (χ0n) is 16.0. The van der Waals surface area contributed by atoms with Gasteiger partial charge in [-0.1, -0.05) is 35.9 Å². The van der Waals surface area contributed by atoms with Crippen LogP contribution in [-0.2, 0) is 0 Å². The molecule has 2 heterocycles. The Hall–Kier alpha value is -3.67. The van der Waals surface area contributed by atoms with Crippen LogP contribution >= 0.6 is 0 Å². The summed E-state index contributed by atoms with van der Waals surface area (Å²) in [5.74, 6) is 0.345. The zero-order valence-corrected chi connectivity index (χ0v) is 16.0. The molecule has 0 bridgehead atoms. The quantitative estimate of drug-likeness (QED) is 0.548. The summed E-state index contributed by atoms with van der Waals surface area (Å²) in [4.78, 5) is 17.4. The highest BCUT2D eigenvalue weighted by molar-refractivity contribution is 6.08. The van der Waals surface area contributed by atoms with Gasteiger partial charge in [-0.2, -0.15) is 0 Å². The van der Waals surface area contributed by atoms with E-state index in [2.05, 4.69) is 20.7 Å². The van der Waals surface area contributed by atoms with Crippen LogP contribution in [0.5, 0.6) is 0 Å². The first-order valence-corrected chi connectivity index (χ1v) is 9.08. The van der Waals surface area contributed by atoms with E-state index in [4.69, 9.17) is 0 Å². The van der Waals surface area contributed by atoms with Gasteiger partial charge in [0.25, 0.3) is 5.91 Å². The minimum absolute atomic E-state index is 0.205. The number of nitrogens with zero attached hydrogens (tertiary/aromatic N) is 3. The summed E-state index contributed by atoms with van der Waals surface area (Å²) in [6, 6.07) is 19.1. The Kier molecular flexibility index (Phi) is 4.53. The molecule has 1 amide bonds. The molecule has 28 heavy (non-hydrogen) atoms. The maximum atomic E-state index is 12.8. The third-order valence-corrected chi connectivity index (χ3v) is 4.48. The molecule has 0 aliphatic carbocycles. The third-order valence-electron chi connectivity index (χ3n) is 4.48. The van der Waals surface area contributed by atoms with Crippen molar-refractivity contribution in [2.75, 3.05) is 10.6 Å². The number of benzene rings is 2. The maximum Gasteiger partial charge on any atom is 0.255 e. The van der Waals surface area contributed by atoms with Gasteiger partial charge in [-0.25, -0.2) is 9.50 Å². The summed E-state index contributed by atoms with van der Waals surface area (Å²) in [6.45, 7) is 5.93. The molecule has 140 valence electrons. The average molecular weight is 371 g/mol. The van der Waals surface area contributed by atoms with Crippen molar-refractivity contribution in [2.45, 2.75) is 20.8 Å². The van der Waals surface area contributed by atoms with E-state index >= 15 is 0 Å². The van der Waals surface area contributed by atoms with Gasteiger partial charge in [0.05, 0.1) is 0 Å². The highest BCUT2D eigenvalue weighted by Gasteiger charge is 2.19. The van der Waals surface area contributed by atoms with Crippen LogP contribution in [0.3, 0.4) is 0 Å². The van der Waals surface area contributed by atoms with Gasteiger partial charge in [0.15, 0.2) is 11.5 Å². The van der Waals surface area contributed by atoms with Crippen LogP contribution in [0.15, 0.2) is 60.7 Å². The number of hydrogen-bond donors (Lipinski definition) is 2. The van der Waals surface area contributed by atoms with Crippen molar-refractivity contribution < 1.29 is 4.79 Å². The van der Waals surface area contributed by atoms with E-state index in [9.17, 15) is 4.79 Å². The van der Waals surface area contributed by atoms with Gasteiger partial charge in [-0.05, 0) is 51.1 Å². The van der Waals surface area contributed by atoms with Crippen LogP contribution in [0.1, 0.15) is 27.3 Å². The van der Waals surface area contributed by atoms with Gasteiger partial charge in [0, 0.05) is 22.6 Å². The van der Waals surface area contributed by atoms with Gasteiger partial charge >= 0.3 is 0 Å². The van der Waals surface area contributed by atoms with Crippen LogP contribution in [-0.4, -0.2) is 20.5 Å². The lowest BCUT2D eigenvalue weighted by molar-refractivity contribution is 0.102. The smallest absolute Gasteiger partial charge is 0.255 e. The number of nitrogens with one attached hydrogen (secondary N) is 2. The lowest BCUT2D eigenvalue weighted by atomic mass is 10.2. The zero-order chi connectivity index (χ0) is 19.7. The van der Waals surface area contributed by atoms with Crippen LogP contribution < -0.4 is 10.6 Å². The summed E-state index contributed by atoms with van der Waals surface area (Å²) in [6.07, 6.45) is 0. The van der Waals surface area contributed by atoms with Crippen molar-refractivity contribution in [3.8, 4) is 0 Å². The second-order valence-electron chi connectivity index (χ2n) is 6.81. The fourth-order valence-electron chi connectivity index (χ4n) is 3.07. The van der Waals surface area contributed by atoms with E-state index in [-0.39, 0.29) is 5.91 Å². The van der Waals surface area contributed by atoms with Crippen molar-refractivity contribution in [3.05, 3.63) is 83.2 Å². The molecule has 0 fully saturated rings. The summed E-state index contributed by atoms with van der Waals surface area (Å²) < 4.78 is 1.74. The average Bonchev–Trinajstić information content (AvgIpc) is 3.02. The maximum absolute atomic E-state index is 12.8. The first-order chi connectivity index (χ1) is 13.5. The summed E-state index contributed by atoms with van der Waals surface area (Å²) in [5.41, 5.74) is 5.60. The molecule has 6 nitrogen and oxygen atoms in total. The molecule has 0 saturated carbocycles. The van der Waals surface area contributed by atoms with Gasteiger partial charge in [-0.3, -0.25) is 4.79 Å². The molecule has 0 atom stereocenters. The molecule has 4 aromatic rings. The Morgan fingerprint density at radius 3 is 2.39 bits per heavy atom. The second kappa shape index (κ2) is 7.15. The first kappa shape index (κ1) is 17.7. The minimum atomic E-state index is -0.205. The van der Waals surface area contributed by atoms with Crippen LogP contribution in [0, 0.1) is 20.8 Å². The number of carbonyl (C=O) groups excluding carboxylic acids is 1. The Bertz CT molecular complexity index is 1150. The van der Waals surface area contributed by atoms with E-state index in [1.165, 1.54) is 5.56 Å². The summed E-state index contributed by atoms with van der Waals surface area (Å²) in [7, 11) is 0. The Morgan fingerprint density at radius 2 is 1.68 bits per heavy atom. The standard InChI is InChI=1S/C22H21N5O/c1-14-9-11-18(12-10-14)24-20-19(25-22(28)17-7-5-4-6-8-17)21-23-15(2)13-16(3)27(21)26-20/h4-13H,1-3H3,(H,24,26)(H,25,28). The summed E-state index contributed by atoms with van der Waals surface area (Å²) in [5, 5.41) is 10.9. The van der Waals surface area contributed by atoms with Gasteiger partial charge in [0.1, 0.15) is 5.69 Å². The Balaban J connectivity index is 1.79. The molecule has 2 aromatic heterocycles. The van der Waals surface area contributed by atoms with Crippen LogP contribution in [0.2, 0.25) is 0 Å². The second-order valence-corrected chi connectivity index (χ2v) is 6.81. The lowest BCUT2D eigenvalue weighted by Gasteiger charge is -2.08. The lowest BCUT2D eigenvalue weighted by Crippen LogP contribution is -2.13. The van der Waals surface area contributed by atoms with E-state index < -0.39 is 0 Å². The van der Waals surface area contributed by atoms with Crippen LogP contribution in [0.4, 0.5) is 17.2 Å². The van der Waals surface area contributed by atoms with Crippen molar-refractivity contribution in [1.29, 1.82) is 0 Å². The number of carbonyl (C=O) groups is 1. The Labute approximate surface area is 163 Å². The van der Waals surface area contributed by atoms with Gasteiger partial charge < -0.3 is 10.6 Å². The molecule has 2 aromatic carbocycles. The number of fused-ring (bicyclic) bond motifs is 1. The molecule has 4 rings (SSSR count). The van der Waals surface area contributed by atoms with E-state index in [0.29, 0.717) is 22.7 Å². The predicted octanol–water partition coefficient (Wildman–Crippen LogP) is 4.65. The topological polar surface area (TPSA) is 71.3 Å². The molecule has 0 aliphatic rings. The summed E-state index contributed by atoms with van der Waals surface area (Å²) >= 11 is 0. The number of aryl methyl sites for hydroxylation is 3. The predicted molar refractivity (Wildman–Crippen MR) is 111 cm³/mol. The van der Waals surface area contributed by atoms with Crippen molar-refractivity contribution in [1.82, 2.24) is 14.6 Å². The molecular weight excluding hydrogens is 350 g/mol. The van der Waals surface area contributed by atoms with E-state index in [1.807, 2.05) is 69.3 Å². The third kappa shape index (κ3) is 3.44. The number of aromatic nitrogens is 3. The fraction of sp³-hybridized carbons (Fsp3) is 0.136. The molecule has 0 unspecified atom stereocenters. The van der Waals surface area contributed by atoms with Crippen molar-refractivity contribution in [2.24, 2.45) is 0 Å². The van der Waals surface area contributed by atoms with Crippen LogP contribution in [0.25, 0.3) is 5.65 Å². The van der Waals surface area contributed by atoms with Crippen molar-refractivity contribution in [3.63, 3.8) is 0 Å². The largest absolute Gasteiger partial charge is 0.337 e. The minimum Gasteiger partial charge on any atom is -0.337 e. The normalized spacial score (nSPS) is 10.8. The van der Waals surface area contributed by atoms with Crippen molar-refractivity contribution >= 4 is 28.7 Å². The number of rotatable bonds is 4. The van der Waals surface area contributed by atoms with Gasteiger partial charge in [-0.15, -0.1) is 5.10 Å². The molecule has 6 heteroatoms. The molecule has 0 aliphatic heterocycles. The molecule has 0 radical (unpaired) electrons. The Morgan fingerprint density at radius 1 is 0.964 bits per heavy atom. The monoisotopic (exact) mass is 371 g/mol. The van der Waals surface area contributed by atoms with Gasteiger partial charge in [0.2, 0.25) is 0 Å².